The number of aromatic nitrogens is 2. The van der Waals surface area contributed by atoms with Gasteiger partial charge >= 0.3 is 0 Å². The van der Waals surface area contributed by atoms with E-state index in [1.165, 1.54) is 11.1 Å². The molecule has 102 valence electrons. The molecular weight excluding hydrogens is 246 g/mol. The van der Waals surface area contributed by atoms with Crippen molar-refractivity contribution in [3.8, 4) is 11.4 Å². The van der Waals surface area contributed by atoms with Crippen LogP contribution in [0.5, 0.6) is 0 Å². The summed E-state index contributed by atoms with van der Waals surface area (Å²) in [6, 6.07) is 14.7. The molecule has 0 fully saturated rings. The van der Waals surface area contributed by atoms with E-state index in [1.54, 1.807) is 0 Å². The highest BCUT2D eigenvalue weighted by atomic mass is 15.1. The Labute approximate surface area is 119 Å². The van der Waals surface area contributed by atoms with Crippen molar-refractivity contribution in [2.24, 2.45) is 5.73 Å². The highest BCUT2D eigenvalue weighted by Crippen LogP contribution is 2.26. The van der Waals surface area contributed by atoms with Gasteiger partial charge in [0.25, 0.3) is 0 Å². The maximum atomic E-state index is 5.74. The van der Waals surface area contributed by atoms with Gasteiger partial charge < -0.3 is 10.3 Å². The molecule has 3 aromatic rings. The summed E-state index contributed by atoms with van der Waals surface area (Å²) in [5.74, 6) is 1.02. The van der Waals surface area contributed by atoms with Crippen LogP contribution in [0.4, 0.5) is 0 Å². The van der Waals surface area contributed by atoms with Gasteiger partial charge in [0.05, 0.1) is 11.0 Å². The number of nitrogens with zero attached hydrogens (tertiary/aromatic N) is 2. The molecule has 0 atom stereocenters. The number of benzene rings is 2. The largest absolute Gasteiger partial charge is 0.326 e. The Morgan fingerprint density at radius 1 is 1.15 bits per heavy atom. The zero-order chi connectivity index (χ0) is 14.1. The number of nitrogens with two attached hydrogens (primary N) is 1. The minimum Gasteiger partial charge on any atom is -0.326 e. The van der Waals surface area contributed by atoms with Crippen molar-refractivity contribution in [2.45, 2.75) is 26.9 Å². The van der Waals surface area contributed by atoms with E-state index in [2.05, 4.69) is 48.7 Å². The van der Waals surface area contributed by atoms with Gasteiger partial charge in [0.1, 0.15) is 5.82 Å². The predicted octanol–water partition coefficient (Wildman–Crippen LogP) is 3.49. The topological polar surface area (TPSA) is 43.8 Å². The monoisotopic (exact) mass is 265 g/mol. The Morgan fingerprint density at radius 3 is 2.75 bits per heavy atom. The van der Waals surface area contributed by atoms with Gasteiger partial charge in [0.15, 0.2) is 0 Å². The average Bonchev–Trinajstić information content (AvgIpc) is 2.84. The van der Waals surface area contributed by atoms with Crippen molar-refractivity contribution in [1.29, 1.82) is 0 Å². The van der Waals surface area contributed by atoms with Crippen LogP contribution >= 0.6 is 0 Å². The van der Waals surface area contributed by atoms with Crippen molar-refractivity contribution >= 4 is 11.0 Å². The van der Waals surface area contributed by atoms with Crippen molar-refractivity contribution in [3.63, 3.8) is 0 Å². The lowest BCUT2D eigenvalue weighted by Crippen LogP contribution is -1.99. The summed E-state index contributed by atoms with van der Waals surface area (Å²) in [4.78, 5) is 4.81. The van der Waals surface area contributed by atoms with Crippen LogP contribution in [0.15, 0.2) is 42.5 Å². The third-order valence-corrected chi connectivity index (χ3v) is 3.64. The van der Waals surface area contributed by atoms with Gasteiger partial charge in [-0.2, -0.15) is 0 Å². The Kier molecular flexibility index (Phi) is 3.28. The molecule has 0 aliphatic rings. The average molecular weight is 265 g/mol. The van der Waals surface area contributed by atoms with Crippen molar-refractivity contribution in [2.75, 3.05) is 0 Å². The summed E-state index contributed by atoms with van der Waals surface area (Å²) >= 11 is 0. The van der Waals surface area contributed by atoms with Gasteiger partial charge in [-0.15, -0.1) is 0 Å². The van der Waals surface area contributed by atoms with Gasteiger partial charge in [-0.05, 0) is 43.2 Å². The van der Waals surface area contributed by atoms with Crippen LogP contribution in [0.3, 0.4) is 0 Å². The smallest absolute Gasteiger partial charge is 0.141 e. The molecule has 1 aromatic heterocycles. The maximum absolute atomic E-state index is 5.74. The van der Waals surface area contributed by atoms with E-state index in [9.17, 15) is 0 Å². The molecule has 0 unspecified atom stereocenters. The summed E-state index contributed by atoms with van der Waals surface area (Å²) in [7, 11) is 0. The first-order chi connectivity index (χ1) is 9.72. The molecule has 0 spiro atoms. The van der Waals surface area contributed by atoms with Crippen molar-refractivity contribution in [1.82, 2.24) is 9.55 Å². The molecule has 2 N–H and O–H groups in total. The number of hydrogen-bond acceptors (Lipinski definition) is 2. The quantitative estimate of drug-likeness (QED) is 0.787. The van der Waals surface area contributed by atoms with E-state index in [1.807, 2.05) is 12.1 Å². The first-order valence-electron chi connectivity index (χ1n) is 6.99. The molecule has 0 amide bonds. The maximum Gasteiger partial charge on any atom is 0.141 e. The van der Waals surface area contributed by atoms with E-state index < -0.39 is 0 Å². The lowest BCUT2D eigenvalue weighted by atomic mass is 10.1. The second-order valence-electron chi connectivity index (χ2n) is 5.08. The first-order valence-corrected chi connectivity index (χ1v) is 6.99. The van der Waals surface area contributed by atoms with Gasteiger partial charge in [0.2, 0.25) is 0 Å². The van der Waals surface area contributed by atoms with Crippen molar-refractivity contribution < 1.29 is 0 Å². The van der Waals surface area contributed by atoms with Crippen LogP contribution in [-0.2, 0) is 13.1 Å². The minimum absolute atomic E-state index is 0.555. The molecule has 3 rings (SSSR count). The van der Waals surface area contributed by atoms with Crippen LogP contribution in [0.1, 0.15) is 18.1 Å². The third kappa shape index (κ3) is 2.10. The molecule has 0 radical (unpaired) electrons. The van der Waals surface area contributed by atoms with Gasteiger partial charge in [-0.25, -0.2) is 4.98 Å². The van der Waals surface area contributed by atoms with Crippen LogP contribution < -0.4 is 5.73 Å². The van der Waals surface area contributed by atoms with E-state index in [-0.39, 0.29) is 0 Å². The van der Waals surface area contributed by atoms with E-state index in [4.69, 9.17) is 10.7 Å². The van der Waals surface area contributed by atoms with Gasteiger partial charge in [-0.3, -0.25) is 0 Å². The van der Waals surface area contributed by atoms with Gasteiger partial charge in [0, 0.05) is 18.7 Å². The molecule has 1 heterocycles. The number of fused-ring (bicyclic) bond motifs is 1. The van der Waals surface area contributed by atoms with Gasteiger partial charge in [-0.1, -0.05) is 24.3 Å². The summed E-state index contributed by atoms with van der Waals surface area (Å²) in [5, 5.41) is 0. The lowest BCUT2D eigenvalue weighted by molar-refractivity contribution is 0.796. The molecule has 0 saturated carbocycles. The van der Waals surface area contributed by atoms with E-state index in [0.717, 1.165) is 29.0 Å². The summed E-state index contributed by atoms with van der Waals surface area (Å²) < 4.78 is 2.25. The molecule has 3 nitrogen and oxygen atoms in total. The Morgan fingerprint density at radius 2 is 2.00 bits per heavy atom. The SMILES string of the molecule is CCn1c(-c2cccc(CN)c2)nc2cc(C)ccc21. The standard InChI is InChI=1S/C17H19N3/c1-3-20-16-8-7-12(2)9-15(16)19-17(20)14-6-4-5-13(10-14)11-18/h4-10H,3,11,18H2,1-2H3. The molecule has 0 saturated heterocycles. The predicted molar refractivity (Wildman–Crippen MR) is 83.5 cm³/mol. The molecular formula is C17H19N3. The molecule has 3 heteroatoms. The number of imidazole rings is 1. The fraction of sp³-hybridized carbons (Fsp3) is 0.235. The highest BCUT2D eigenvalue weighted by molar-refractivity contribution is 5.81. The normalized spacial score (nSPS) is 11.2. The molecule has 2 aromatic carbocycles. The van der Waals surface area contributed by atoms with Crippen molar-refractivity contribution in [3.05, 3.63) is 53.6 Å². The molecule has 0 aliphatic heterocycles. The lowest BCUT2D eigenvalue weighted by Gasteiger charge is -2.07. The van der Waals surface area contributed by atoms with Crippen LogP contribution in [-0.4, -0.2) is 9.55 Å². The third-order valence-electron chi connectivity index (χ3n) is 3.64. The summed E-state index contributed by atoms with van der Waals surface area (Å²) in [5.41, 5.74) is 11.5. The highest BCUT2D eigenvalue weighted by Gasteiger charge is 2.11. The minimum atomic E-state index is 0.555. The van der Waals surface area contributed by atoms with E-state index >= 15 is 0 Å². The van der Waals surface area contributed by atoms with E-state index in [0.29, 0.717) is 6.54 Å². The number of rotatable bonds is 3. The second kappa shape index (κ2) is 5.10. The fourth-order valence-corrected chi connectivity index (χ4v) is 2.62. The number of hydrogen-bond donors (Lipinski definition) is 1. The van der Waals surface area contributed by atoms with Crippen LogP contribution in [0.2, 0.25) is 0 Å². The molecule has 20 heavy (non-hydrogen) atoms. The number of aryl methyl sites for hydroxylation is 2. The molecule has 0 bridgehead atoms. The van der Waals surface area contributed by atoms with Crippen LogP contribution in [0, 0.1) is 6.92 Å². The zero-order valence-electron chi connectivity index (χ0n) is 11.9. The summed E-state index contributed by atoms with van der Waals surface area (Å²) in [6.45, 7) is 5.71. The zero-order valence-corrected chi connectivity index (χ0v) is 11.9. The van der Waals surface area contributed by atoms with Crippen LogP contribution in [0.25, 0.3) is 22.4 Å². The summed E-state index contributed by atoms with van der Waals surface area (Å²) in [6.07, 6.45) is 0. The first kappa shape index (κ1) is 12.9. The second-order valence-corrected chi connectivity index (χ2v) is 5.08. The Hall–Kier alpha value is -2.13. The molecule has 0 aliphatic carbocycles. The Bertz CT molecular complexity index is 756. The Balaban J connectivity index is 2.24. The fourth-order valence-electron chi connectivity index (χ4n) is 2.62.